The Morgan fingerprint density at radius 2 is 1.67 bits per heavy atom. The third kappa shape index (κ3) is 6.52. The maximum Gasteiger partial charge on any atom is 0.268 e. The van der Waals surface area contributed by atoms with Gasteiger partial charge in [0.2, 0.25) is 0 Å². The van der Waals surface area contributed by atoms with E-state index in [0.29, 0.717) is 31.1 Å². The van der Waals surface area contributed by atoms with Gasteiger partial charge in [0.05, 0.1) is 11.5 Å². The molecule has 7 nitrogen and oxygen atoms in total. The number of aryl methyl sites for hydroxylation is 2. The molecule has 0 saturated carbocycles. The summed E-state index contributed by atoms with van der Waals surface area (Å²) in [5, 5.41) is 3.67. The van der Waals surface area contributed by atoms with Gasteiger partial charge in [-0.1, -0.05) is 56.7 Å². The number of nitrogens with zero attached hydrogens (tertiary/aromatic N) is 1. The summed E-state index contributed by atoms with van der Waals surface area (Å²) < 4.78 is 36.0. The molecule has 0 fully saturated rings. The lowest BCUT2D eigenvalue weighted by molar-refractivity contribution is 0.0928. The summed E-state index contributed by atoms with van der Waals surface area (Å²) in [6.07, 6.45) is 0. The highest BCUT2D eigenvalue weighted by Gasteiger charge is 2.20. The fourth-order valence-electron chi connectivity index (χ4n) is 4.54. The Morgan fingerprint density at radius 1 is 0.949 bits per heavy atom. The minimum absolute atomic E-state index is 0.0710. The van der Waals surface area contributed by atoms with Crippen molar-refractivity contribution >= 4 is 32.5 Å². The molecule has 0 spiro atoms. The first-order valence-electron chi connectivity index (χ1n) is 13.0. The van der Waals surface area contributed by atoms with Crippen LogP contribution in [0.1, 0.15) is 53.5 Å². The SMILES string of the molecule is COCCNC(=O)c1cc2cc(NS(=O)(=O)c3ccc(C(C)(C)C)cc3)ccc2n1Cc1cc(C)ccc1C. The highest BCUT2D eigenvalue weighted by Crippen LogP contribution is 2.28. The molecule has 0 unspecified atom stereocenters. The monoisotopic (exact) mass is 547 g/mol. The zero-order valence-electron chi connectivity index (χ0n) is 23.5. The van der Waals surface area contributed by atoms with E-state index in [4.69, 9.17) is 4.74 Å². The first-order valence-corrected chi connectivity index (χ1v) is 14.5. The van der Waals surface area contributed by atoms with Gasteiger partial charge in [-0.3, -0.25) is 9.52 Å². The van der Waals surface area contributed by atoms with E-state index in [-0.39, 0.29) is 16.2 Å². The number of carbonyl (C=O) groups excluding carboxylic acids is 1. The van der Waals surface area contributed by atoms with E-state index >= 15 is 0 Å². The van der Waals surface area contributed by atoms with Crippen molar-refractivity contribution in [3.63, 3.8) is 0 Å². The van der Waals surface area contributed by atoms with E-state index in [1.54, 1.807) is 37.4 Å². The second-order valence-electron chi connectivity index (χ2n) is 10.9. The van der Waals surface area contributed by atoms with Crippen LogP contribution in [0.4, 0.5) is 5.69 Å². The molecule has 206 valence electrons. The number of fused-ring (bicyclic) bond motifs is 1. The van der Waals surface area contributed by atoms with Crippen molar-refractivity contribution < 1.29 is 17.9 Å². The standard InChI is InChI=1S/C31H37N3O4S/c1-21-7-8-22(2)24(17-21)20-34-28-14-11-26(18-23(28)19-29(34)30(35)32-15-16-38-6)33-39(36,37)27-12-9-25(10-13-27)31(3,4)5/h7-14,17-19,33H,15-16,20H2,1-6H3,(H,32,35). The summed E-state index contributed by atoms with van der Waals surface area (Å²) >= 11 is 0. The minimum atomic E-state index is -3.79. The van der Waals surface area contributed by atoms with Crippen LogP contribution in [0.5, 0.6) is 0 Å². The number of ether oxygens (including phenoxy) is 1. The lowest BCUT2D eigenvalue weighted by Gasteiger charge is -2.19. The van der Waals surface area contributed by atoms with Gasteiger partial charge in [-0.2, -0.15) is 0 Å². The number of aromatic nitrogens is 1. The molecule has 0 saturated heterocycles. The number of benzene rings is 3. The molecule has 39 heavy (non-hydrogen) atoms. The molecule has 1 amide bonds. The molecule has 0 aliphatic rings. The number of nitrogens with one attached hydrogen (secondary N) is 2. The van der Waals surface area contributed by atoms with E-state index in [9.17, 15) is 13.2 Å². The second-order valence-corrected chi connectivity index (χ2v) is 12.6. The summed E-state index contributed by atoms with van der Waals surface area (Å²) in [5.74, 6) is -0.213. The van der Waals surface area contributed by atoms with Crippen LogP contribution in [0.3, 0.4) is 0 Å². The van der Waals surface area contributed by atoms with Gasteiger partial charge in [0.15, 0.2) is 0 Å². The highest BCUT2D eigenvalue weighted by atomic mass is 32.2. The molecular formula is C31H37N3O4S. The number of hydrogen-bond donors (Lipinski definition) is 2. The van der Waals surface area contributed by atoms with Gasteiger partial charge in [0.25, 0.3) is 15.9 Å². The largest absolute Gasteiger partial charge is 0.383 e. The van der Waals surface area contributed by atoms with Crippen molar-refractivity contribution in [2.45, 2.75) is 51.5 Å². The average molecular weight is 548 g/mol. The Morgan fingerprint density at radius 3 is 2.33 bits per heavy atom. The molecule has 1 aromatic heterocycles. The number of methoxy groups -OCH3 is 1. The van der Waals surface area contributed by atoms with Crippen LogP contribution in [0.2, 0.25) is 0 Å². The summed E-state index contributed by atoms with van der Waals surface area (Å²) in [6, 6.07) is 20.4. The zero-order chi connectivity index (χ0) is 28.4. The molecule has 4 rings (SSSR count). The normalized spacial score (nSPS) is 12.1. The van der Waals surface area contributed by atoms with Crippen molar-refractivity contribution in [2.75, 3.05) is 25.0 Å². The molecule has 0 atom stereocenters. The molecular weight excluding hydrogens is 510 g/mol. The van der Waals surface area contributed by atoms with E-state index in [1.807, 2.05) is 29.7 Å². The summed E-state index contributed by atoms with van der Waals surface area (Å²) in [6.45, 7) is 11.7. The van der Waals surface area contributed by atoms with Crippen LogP contribution < -0.4 is 10.0 Å². The molecule has 3 aromatic carbocycles. The number of rotatable bonds is 9. The quantitative estimate of drug-likeness (QED) is 0.260. The maximum absolute atomic E-state index is 13.1. The summed E-state index contributed by atoms with van der Waals surface area (Å²) in [5.41, 5.74) is 6.15. The van der Waals surface area contributed by atoms with Gasteiger partial charge < -0.3 is 14.6 Å². The van der Waals surface area contributed by atoms with E-state index in [1.165, 1.54) is 0 Å². The lowest BCUT2D eigenvalue weighted by Crippen LogP contribution is -2.29. The van der Waals surface area contributed by atoms with Gasteiger partial charge in [-0.25, -0.2) is 8.42 Å². The first kappa shape index (κ1) is 28.4. The fourth-order valence-corrected chi connectivity index (χ4v) is 5.59. The number of carbonyl (C=O) groups is 1. The van der Waals surface area contributed by atoms with Crippen LogP contribution in [0, 0.1) is 13.8 Å². The van der Waals surface area contributed by atoms with Crippen molar-refractivity contribution in [2.24, 2.45) is 0 Å². The van der Waals surface area contributed by atoms with Crippen LogP contribution in [-0.2, 0) is 26.7 Å². The van der Waals surface area contributed by atoms with Gasteiger partial charge in [0, 0.05) is 36.8 Å². The Bertz CT molecular complexity index is 1600. The highest BCUT2D eigenvalue weighted by molar-refractivity contribution is 7.92. The smallest absolute Gasteiger partial charge is 0.268 e. The Hall–Kier alpha value is -3.62. The van der Waals surface area contributed by atoms with E-state index in [2.05, 4.69) is 55.9 Å². The molecule has 0 aliphatic carbocycles. The molecule has 4 aromatic rings. The van der Waals surface area contributed by atoms with Crippen LogP contribution in [0.25, 0.3) is 10.9 Å². The van der Waals surface area contributed by atoms with Gasteiger partial charge in [-0.05, 0) is 72.4 Å². The number of amides is 1. The molecule has 0 bridgehead atoms. The van der Waals surface area contributed by atoms with Crippen LogP contribution in [-0.4, -0.2) is 39.2 Å². The molecule has 2 N–H and O–H groups in total. The predicted octanol–water partition coefficient (Wildman–Crippen LogP) is 5.78. The van der Waals surface area contributed by atoms with Gasteiger partial charge >= 0.3 is 0 Å². The lowest BCUT2D eigenvalue weighted by atomic mass is 9.87. The zero-order valence-corrected chi connectivity index (χ0v) is 24.3. The van der Waals surface area contributed by atoms with E-state index < -0.39 is 10.0 Å². The Kier molecular flexibility index (Phi) is 8.18. The van der Waals surface area contributed by atoms with Crippen LogP contribution in [0.15, 0.2) is 71.6 Å². The summed E-state index contributed by atoms with van der Waals surface area (Å²) in [7, 11) is -2.20. The third-order valence-electron chi connectivity index (χ3n) is 6.84. The number of anilines is 1. The average Bonchev–Trinajstić information content (AvgIpc) is 3.23. The van der Waals surface area contributed by atoms with Crippen LogP contribution >= 0.6 is 0 Å². The van der Waals surface area contributed by atoms with Crippen molar-refractivity contribution in [3.05, 3.63) is 94.7 Å². The Balaban J connectivity index is 1.69. The Labute approximate surface area is 231 Å². The number of sulfonamides is 1. The van der Waals surface area contributed by atoms with Crippen molar-refractivity contribution in [3.8, 4) is 0 Å². The van der Waals surface area contributed by atoms with Crippen molar-refractivity contribution in [1.29, 1.82) is 0 Å². The van der Waals surface area contributed by atoms with Gasteiger partial charge in [0.1, 0.15) is 5.69 Å². The van der Waals surface area contributed by atoms with Crippen molar-refractivity contribution in [1.82, 2.24) is 9.88 Å². The topological polar surface area (TPSA) is 89.4 Å². The molecule has 0 radical (unpaired) electrons. The summed E-state index contributed by atoms with van der Waals surface area (Å²) in [4.78, 5) is 13.3. The fraction of sp³-hybridized carbons (Fsp3) is 0.323. The third-order valence-corrected chi connectivity index (χ3v) is 8.24. The first-order chi connectivity index (χ1) is 18.4. The molecule has 8 heteroatoms. The molecule has 1 heterocycles. The maximum atomic E-state index is 13.1. The van der Waals surface area contributed by atoms with E-state index in [0.717, 1.165) is 33.2 Å². The number of hydrogen-bond acceptors (Lipinski definition) is 4. The second kappa shape index (κ2) is 11.2. The van der Waals surface area contributed by atoms with Gasteiger partial charge in [-0.15, -0.1) is 0 Å². The molecule has 0 aliphatic heterocycles. The predicted molar refractivity (Wildman–Crippen MR) is 157 cm³/mol. The minimum Gasteiger partial charge on any atom is -0.383 e.